The molecular weight excluding hydrogens is 376 g/mol. The third-order valence-corrected chi connectivity index (χ3v) is 6.49. The highest BCUT2D eigenvalue weighted by Gasteiger charge is 2.74. The molecule has 0 radical (unpaired) electrons. The zero-order valence-corrected chi connectivity index (χ0v) is 17.5. The zero-order chi connectivity index (χ0) is 21.0. The quantitative estimate of drug-likeness (QED) is 0.389. The van der Waals surface area contributed by atoms with Gasteiger partial charge in [-0.05, 0) is 45.4 Å². The normalized spacial score (nSPS) is 32.5. The molecule has 0 aliphatic carbocycles. The Hall–Kier alpha value is -1.67. The number of aliphatic hydroxyl groups is 1. The molecule has 2 amide bonds. The number of aliphatic hydroxyl groups excluding tert-OH is 1. The molecule has 1 spiro atoms. The number of esters is 1. The second-order valence-corrected chi connectivity index (χ2v) is 8.27. The van der Waals surface area contributed by atoms with Crippen molar-refractivity contribution < 1.29 is 29.0 Å². The predicted molar refractivity (Wildman–Crippen MR) is 105 cm³/mol. The first-order chi connectivity index (χ1) is 14.0. The number of nitrogens with zero attached hydrogens (tertiary/aromatic N) is 1. The monoisotopic (exact) mass is 410 g/mol. The van der Waals surface area contributed by atoms with Gasteiger partial charge in [-0.3, -0.25) is 14.4 Å². The van der Waals surface area contributed by atoms with Crippen molar-refractivity contribution >= 4 is 17.8 Å². The summed E-state index contributed by atoms with van der Waals surface area (Å²) in [4.78, 5) is 40.8. The molecule has 8 nitrogen and oxygen atoms in total. The Morgan fingerprint density at radius 2 is 2.07 bits per heavy atom. The summed E-state index contributed by atoms with van der Waals surface area (Å²) in [6.45, 7) is 5.14. The first-order valence-electron chi connectivity index (χ1n) is 11.0. The van der Waals surface area contributed by atoms with Gasteiger partial charge < -0.3 is 24.8 Å². The Labute approximate surface area is 172 Å². The van der Waals surface area contributed by atoms with Gasteiger partial charge in [-0.15, -0.1) is 0 Å². The fourth-order valence-electron chi connectivity index (χ4n) is 5.26. The molecule has 3 aliphatic heterocycles. The molecule has 3 rings (SSSR count). The van der Waals surface area contributed by atoms with E-state index in [0.717, 1.165) is 19.3 Å². The molecular formula is C21H34N2O6. The lowest BCUT2D eigenvalue weighted by atomic mass is 9.71. The first-order valence-corrected chi connectivity index (χ1v) is 11.0. The number of amides is 2. The number of hydrogen-bond acceptors (Lipinski definition) is 6. The maximum atomic E-state index is 13.4. The van der Waals surface area contributed by atoms with E-state index in [0.29, 0.717) is 38.8 Å². The van der Waals surface area contributed by atoms with Gasteiger partial charge in [0.05, 0.1) is 24.5 Å². The van der Waals surface area contributed by atoms with Crippen LogP contribution >= 0.6 is 0 Å². The van der Waals surface area contributed by atoms with E-state index >= 15 is 0 Å². The number of carbonyl (C=O) groups is 3. The highest BCUT2D eigenvalue weighted by Crippen LogP contribution is 2.58. The molecule has 0 aromatic heterocycles. The molecule has 164 valence electrons. The Bertz CT molecular complexity index is 626. The maximum absolute atomic E-state index is 13.4. The minimum Gasteiger partial charge on any atom is -0.466 e. The van der Waals surface area contributed by atoms with Gasteiger partial charge in [0, 0.05) is 19.7 Å². The minimum atomic E-state index is -0.938. The molecule has 5 atom stereocenters. The van der Waals surface area contributed by atoms with Crippen LogP contribution in [-0.4, -0.2) is 71.8 Å². The van der Waals surface area contributed by atoms with Crippen LogP contribution in [0.4, 0.5) is 0 Å². The number of likely N-dealkylation sites (tertiary alicyclic amines) is 1. The Morgan fingerprint density at radius 3 is 2.76 bits per heavy atom. The topological polar surface area (TPSA) is 105 Å². The van der Waals surface area contributed by atoms with Crippen LogP contribution in [0.25, 0.3) is 0 Å². The van der Waals surface area contributed by atoms with E-state index in [1.165, 1.54) is 0 Å². The average Bonchev–Trinajstić information content (AvgIpc) is 3.33. The largest absolute Gasteiger partial charge is 0.466 e. The van der Waals surface area contributed by atoms with Gasteiger partial charge in [0.15, 0.2) is 0 Å². The van der Waals surface area contributed by atoms with E-state index in [9.17, 15) is 14.4 Å². The van der Waals surface area contributed by atoms with Crippen LogP contribution in [-0.2, 0) is 23.9 Å². The van der Waals surface area contributed by atoms with Gasteiger partial charge in [-0.25, -0.2) is 0 Å². The second kappa shape index (κ2) is 9.43. The van der Waals surface area contributed by atoms with Gasteiger partial charge in [0.2, 0.25) is 11.8 Å². The van der Waals surface area contributed by atoms with Crippen molar-refractivity contribution in [3.8, 4) is 0 Å². The van der Waals surface area contributed by atoms with Gasteiger partial charge in [0.25, 0.3) is 0 Å². The van der Waals surface area contributed by atoms with Crippen LogP contribution in [0.1, 0.15) is 58.8 Å². The summed E-state index contributed by atoms with van der Waals surface area (Å²) < 4.78 is 11.5. The molecule has 3 fully saturated rings. The SMILES string of the molecule is CCCCNC(=O)C1N(CCCCCO)C(=O)[C@@H]2[C@H](C(=O)OCC)[C@@H]3CCC12O3. The number of nitrogens with one attached hydrogen (secondary N) is 1. The van der Waals surface area contributed by atoms with Crippen molar-refractivity contribution in [3.05, 3.63) is 0 Å². The van der Waals surface area contributed by atoms with Crippen molar-refractivity contribution in [1.29, 1.82) is 0 Å². The molecule has 2 unspecified atom stereocenters. The van der Waals surface area contributed by atoms with Crippen LogP contribution in [0.3, 0.4) is 0 Å². The molecule has 3 saturated heterocycles. The lowest BCUT2D eigenvalue weighted by molar-refractivity contribution is -0.154. The third-order valence-electron chi connectivity index (χ3n) is 6.49. The molecule has 2 bridgehead atoms. The van der Waals surface area contributed by atoms with Gasteiger partial charge >= 0.3 is 5.97 Å². The van der Waals surface area contributed by atoms with Gasteiger partial charge in [0.1, 0.15) is 11.6 Å². The van der Waals surface area contributed by atoms with Crippen molar-refractivity contribution in [2.75, 3.05) is 26.3 Å². The summed E-state index contributed by atoms with van der Waals surface area (Å²) >= 11 is 0. The number of hydrogen-bond donors (Lipinski definition) is 2. The van der Waals surface area contributed by atoms with Crippen molar-refractivity contribution in [1.82, 2.24) is 10.2 Å². The van der Waals surface area contributed by atoms with E-state index in [-0.39, 0.29) is 31.1 Å². The highest BCUT2D eigenvalue weighted by molar-refractivity contribution is 5.98. The summed E-state index contributed by atoms with van der Waals surface area (Å²) in [6, 6.07) is -0.713. The summed E-state index contributed by atoms with van der Waals surface area (Å²) in [7, 11) is 0. The molecule has 0 aromatic rings. The van der Waals surface area contributed by atoms with Crippen molar-refractivity contribution in [2.24, 2.45) is 11.8 Å². The molecule has 0 aromatic carbocycles. The summed E-state index contributed by atoms with van der Waals surface area (Å²) in [5, 5.41) is 12.0. The molecule has 8 heteroatoms. The van der Waals surface area contributed by atoms with E-state index in [1.807, 2.05) is 0 Å². The fraction of sp³-hybridized carbons (Fsp3) is 0.857. The van der Waals surface area contributed by atoms with Gasteiger partial charge in [-0.2, -0.15) is 0 Å². The molecule has 29 heavy (non-hydrogen) atoms. The molecule has 2 N–H and O–H groups in total. The van der Waals surface area contributed by atoms with Crippen LogP contribution < -0.4 is 5.32 Å². The average molecular weight is 411 g/mol. The smallest absolute Gasteiger partial charge is 0.312 e. The molecule has 3 heterocycles. The maximum Gasteiger partial charge on any atom is 0.312 e. The summed E-state index contributed by atoms with van der Waals surface area (Å²) in [5.41, 5.74) is -0.938. The lowest BCUT2D eigenvalue weighted by Gasteiger charge is -2.33. The van der Waals surface area contributed by atoms with Crippen molar-refractivity contribution in [2.45, 2.75) is 76.5 Å². The van der Waals surface area contributed by atoms with Crippen LogP contribution in [0, 0.1) is 11.8 Å². The zero-order valence-electron chi connectivity index (χ0n) is 17.5. The van der Waals surface area contributed by atoms with Gasteiger partial charge in [-0.1, -0.05) is 13.3 Å². The minimum absolute atomic E-state index is 0.108. The Kier molecular flexibility index (Phi) is 7.16. The molecule has 0 saturated carbocycles. The number of carbonyl (C=O) groups excluding carboxylic acids is 3. The van der Waals surface area contributed by atoms with Crippen molar-refractivity contribution in [3.63, 3.8) is 0 Å². The van der Waals surface area contributed by atoms with Crippen LogP contribution in [0.2, 0.25) is 0 Å². The standard InChI is InChI=1S/C21H34N2O6/c1-3-5-11-22-18(25)17-21-10-9-14(29-21)15(20(27)28-4-2)16(21)19(26)23(17)12-7-6-8-13-24/h14-17,24H,3-13H2,1-2H3,(H,22,25)/t14-,15+,16-,17?,21?/m0/s1. The fourth-order valence-corrected chi connectivity index (χ4v) is 5.26. The number of ether oxygens (including phenoxy) is 2. The Morgan fingerprint density at radius 1 is 1.28 bits per heavy atom. The first kappa shape index (κ1) is 22.0. The van der Waals surface area contributed by atoms with E-state index in [1.54, 1.807) is 11.8 Å². The van der Waals surface area contributed by atoms with E-state index in [2.05, 4.69) is 12.2 Å². The Balaban J connectivity index is 1.85. The van der Waals surface area contributed by atoms with E-state index in [4.69, 9.17) is 14.6 Å². The molecule has 3 aliphatic rings. The number of unbranched alkanes of at least 4 members (excludes halogenated alkanes) is 3. The lowest BCUT2D eigenvalue weighted by Crippen LogP contribution is -2.55. The summed E-state index contributed by atoms with van der Waals surface area (Å²) in [6.07, 6.45) is 4.86. The second-order valence-electron chi connectivity index (χ2n) is 8.27. The highest BCUT2D eigenvalue weighted by atomic mass is 16.6. The van der Waals surface area contributed by atoms with Crippen LogP contribution in [0.5, 0.6) is 0 Å². The predicted octanol–water partition coefficient (Wildman–Crippen LogP) is 1.00. The summed E-state index contributed by atoms with van der Waals surface area (Å²) in [5.74, 6) is -2.05. The third kappa shape index (κ3) is 3.89. The van der Waals surface area contributed by atoms with Crippen LogP contribution in [0.15, 0.2) is 0 Å². The van der Waals surface area contributed by atoms with E-state index < -0.39 is 29.4 Å². The number of fused-ring (bicyclic) bond motifs is 1. The number of rotatable bonds is 11.